The molecule has 0 aliphatic carbocycles. The second-order valence-corrected chi connectivity index (χ2v) is 2.38. The van der Waals surface area contributed by atoms with E-state index in [0.717, 1.165) is 11.8 Å². The fourth-order valence-corrected chi connectivity index (χ4v) is 0.979. The van der Waals surface area contributed by atoms with Gasteiger partial charge in [-0.2, -0.15) is 0 Å². The van der Waals surface area contributed by atoms with E-state index in [1.165, 1.54) is 5.56 Å². The first-order valence-electron chi connectivity index (χ1n) is 3.14. The van der Waals surface area contributed by atoms with E-state index in [-0.39, 0.29) is 0 Å². The van der Waals surface area contributed by atoms with Crippen LogP contribution in [0.3, 0.4) is 0 Å². The summed E-state index contributed by atoms with van der Waals surface area (Å²) >= 11 is 0. The van der Waals surface area contributed by atoms with Crippen molar-refractivity contribution in [3.63, 3.8) is 0 Å². The second kappa shape index (κ2) is 3.42. The molecule has 0 aliphatic heterocycles. The monoisotopic (exact) mass is 149 g/mol. The van der Waals surface area contributed by atoms with Gasteiger partial charge in [0.05, 0.1) is 7.11 Å². The molecule has 1 nitrogen and oxygen atoms in total. The van der Waals surface area contributed by atoms with E-state index < -0.39 is 0 Å². The molecule has 0 spiro atoms. The van der Waals surface area contributed by atoms with E-state index in [1.807, 2.05) is 24.3 Å². The topological polar surface area (TPSA) is 9.23 Å². The van der Waals surface area contributed by atoms with Gasteiger partial charge in [-0.1, -0.05) is 17.7 Å². The van der Waals surface area contributed by atoms with Gasteiger partial charge in [0, 0.05) is 10.2 Å². The van der Waals surface area contributed by atoms with Crippen molar-refractivity contribution in [3.8, 4) is 5.75 Å². The maximum absolute atomic E-state index is 5.00. The van der Waals surface area contributed by atoms with Crippen LogP contribution < -0.4 is 4.74 Å². The average molecular weight is 149 g/mol. The molecule has 0 unspecified atom stereocenters. The van der Waals surface area contributed by atoms with Gasteiger partial charge >= 0.3 is 0 Å². The van der Waals surface area contributed by atoms with Gasteiger partial charge in [0.25, 0.3) is 0 Å². The first-order valence-corrected chi connectivity index (χ1v) is 3.85. The number of rotatable bonds is 2. The largest absolute Gasteiger partial charge is 0.497 e. The molecule has 0 N–H and O–H groups in total. The number of methoxy groups -OCH3 is 1. The number of ether oxygens (including phenoxy) is 1. The van der Waals surface area contributed by atoms with Crippen molar-refractivity contribution in [2.24, 2.45) is 0 Å². The number of hydrogen-bond acceptors (Lipinski definition) is 1. The zero-order valence-electron chi connectivity index (χ0n) is 5.92. The van der Waals surface area contributed by atoms with E-state index in [9.17, 15) is 0 Å². The Morgan fingerprint density at radius 2 is 1.90 bits per heavy atom. The van der Waals surface area contributed by atoms with Crippen LogP contribution >= 0.6 is 0 Å². The van der Waals surface area contributed by atoms with E-state index in [0.29, 0.717) is 0 Å². The van der Waals surface area contributed by atoms with Crippen LogP contribution in [0, 0.1) is 0 Å². The molecule has 0 aromatic heterocycles. The summed E-state index contributed by atoms with van der Waals surface area (Å²) in [5.41, 5.74) is 1.26. The molecule has 0 amide bonds. The van der Waals surface area contributed by atoms with Crippen molar-refractivity contribution in [2.75, 3.05) is 7.11 Å². The summed E-state index contributed by atoms with van der Waals surface area (Å²) in [6.07, 6.45) is 0. The first kappa shape index (κ1) is 7.35. The smallest absolute Gasteiger partial charge is 0.118 e. The fraction of sp³-hybridized carbons (Fsp3) is 0.250. The summed E-state index contributed by atoms with van der Waals surface area (Å²) in [4.78, 5) is 0. The lowest BCUT2D eigenvalue weighted by molar-refractivity contribution is 0.414. The molecule has 0 saturated carbocycles. The zero-order valence-corrected chi connectivity index (χ0v) is 6.92. The minimum absolute atomic E-state index is 0.893. The molecule has 0 saturated heterocycles. The Bertz CT molecular complexity index is 170. The molecule has 0 heterocycles. The Morgan fingerprint density at radius 1 is 1.30 bits per heavy atom. The van der Waals surface area contributed by atoms with Crippen molar-refractivity contribution >= 4 is 10.2 Å². The van der Waals surface area contributed by atoms with Crippen LogP contribution in [0.5, 0.6) is 5.75 Å². The highest BCUT2D eigenvalue weighted by atomic mass is 28.1. The van der Waals surface area contributed by atoms with Gasteiger partial charge in [-0.25, -0.2) is 0 Å². The quantitative estimate of drug-likeness (QED) is 0.577. The highest BCUT2D eigenvalue weighted by Gasteiger charge is 1.89. The Morgan fingerprint density at radius 3 is 2.30 bits per heavy atom. The molecule has 1 aromatic carbocycles. The summed E-state index contributed by atoms with van der Waals surface area (Å²) in [5, 5.41) is 0. The molecule has 10 heavy (non-hydrogen) atoms. The van der Waals surface area contributed by atoms with Crippen LogP contribution in [0.25, 0.3) is 0 Å². The number of hydrogen-bond donors (Lipinski definition) is 0. The van der Waals surface area contributed by atoms with Crippen LogP contribution in [-0.4, -0.2) is 17.4 Å². The van der Waals surface area contributed by atoms with Crippen molar-refractivity contribution in [1.82, 2.24) is 0 Å². The van der Waals surface area contributed by atoms with Gasteiger partial charge in [0.15, 0.2) is 0 Å². The van der Waals surface area contributed by atoms with Gasteiger partial charge in [-0.3, -0.25) is 0 Å². The van der Waals surface area contributed by atoms with Crippen LogP contribution in [0.15, 0.2) is 24.3 Å². The third kappa shape index (κ3) is 1.61. The minimum Gasteiger partial charge on any atom is -0.497 e. The third-order valence-corrected chi connectivity index (χ3v) is 1.77. The standard InChI is InChI=1S/C8H9OSi/c1-9-8-4-2-7(6-10)3-5-8/h2-5H,6H2,1H3. The van der Waals surface area contributed by atoms with E-state index >= 15 is 0 Å². The minimum atomic E-state index is 0.893. The summed E-state index contributed by atoms with van der Waals surface area (Å²) in [6.45, 7) is 0. The molecule has 51 valence electrons. The van der Waals surface area contributed by atoms with Crippen molar-refractivity contribution in [3.05, 3.63) is 29.8 Å². The maximum Gasteiger partial charge on any atom is 0.118 e. The van der Waals surface area contributed by atoms with Crippen LogP contribution in [-0.2, 0) is 6.04 Å². The zero-order chi connectivity index (χ0) is 7.40. The highest BCUT2D eigenvalue weighted by Crippen LogP contribution is 2.10. The van der Waals surface area contributed by atoms with E-state index in [4.69, 9.17) is 4.74 Å². The molecule has 0 fully saturated rings. The molecule has 3 radical (unpaired) electrons. The van der Waals surface area contributed by atoms with Crippen molar-refractivity contribution < 1.29 is 4.74 Å². The lowest BCUT2D eigenvalue weighted by Gasteiger charge is -1.99. The van der Waals surface area contributed by atoms with E-state index in [2.05, 4.69) is 10.2 Å². The first-order chi connectivity index (χ1) is 4.86. The van der Waals surface area contributed by atoms with Crippen LogP contribution in [0.2, 0.25) is 0 Å². The summed E-state index contributed by atoms with van der Waals surface area (Å²) in [6, 6.07) is 8.87. The summed E-state index contributed by atoms with van der Waals surface area (Å²) in [5.74, 6) is 0.906. The van der Waals surface area contributed by atoms with Crippen LogP contribution in [0.1, 0.15) is 5.56 Å². The third-order valence-electron chi connectivity index (χ3n) is 1.36. The fourth-order valence-electron chi connectivity index (χ4n) is 0.743. The normalized spacial score (nSPS) is 9.40. The van der Waals surface area contributed by atoms with E-state index in [1.54, 1.807) is 7.11 Å². The number of benzene rings is 1. The van der Waals surface area contributed by atoms with Gasteiger partial charge in [-0.15, -0.1) is 0 Å². The lowest BCUT2D eigenvalue weighted by Crippen LogP contribution is -1.85. The van der Waals surface area contributed by atoms with Gasteiger partial charge in [0.1, 0.15) is 5.75 Å². The molecule has 2 heteroatoms. The molecule has 1 rings (SSSR count). The van der Waals surface area contributed by atoms with Gasteiger partial charge in [0.2, 0.25) is 0 Å². The molecular weight excluding hydrogens is 140 g/mol. The Labute approximate surface area is 64.4 Å². The molecular formula is C8H9OSi. The van der Waals surface area contributed by atoms with Crippen LogP contribution in [0.4, 0.5) is 0 Å². The Kier molecular flexibility index (Phi) is 2.51. The maximum atomic E-state index is 5.00. The predicted octanol–water partition coefficient (Wildman–Crippen LogP) is 1.36. The van der Waals surface area contributed by atoms with Crippen molar-refractivity contribution in [1.29, 1.82) is 0 Å². The molecule has 0 bridgehead atoms. The highest BCUT2D eigenvalue weighted by molar-refractivity contribution is 6.08. The average Bonchev–Trinajstić information content (AvgIpc) is 2.05. The molecule has 0 atom stereocenters. The van der Waals surface area contributed by atoms with Gasteiger partial charge < -0.3 is 4.74 Å². The molecule has 1 aromatic rings. The summed E-state index contributed by atoms with van der Waals surface area (Å²) in [7, 11) is 5.08. The Balaban J connectivity index is 2.80. The second-order valence-electron chi connectivity index (χ2n) is 2.02. The predicted molar refractivity (Wildman–Crippen MR) is 42.5 cm³/mol. The summed E-state index contributed by atoms with van der Waals surface area (Å²) < 4.78 is 5.00. The van der Waals surface area contributed by atoms with Crippen molar-refractivity contribution in [2.45, 2.75) is 6.04 Å². The lowest BCUT2D eigenvalue weighted by atomic mass is 10.2. The Hall–Kier alpha value is -0.763. The molecule has 0 aliphatic rings. The van der Waals surface area contributed by atoms with Gasteiger partial charge in [-0.05, 0) is 18.2 Å². The SMILES string of the molecule is COc1ccc(C[Si])cc1.